The molecule has 4 N–H and O–H groups in total. The molecule has 0 aliphatic rings. The van der Waals surface area contributed by atoms with E-state index >= 15 is 0 Å². The zero-order valence-electron chi connectivity index (χ0n) is 2.00. The van der Waals surface area contributed by atoms with Gasteiger partial charge in [0, 0.05) is 0 Å². The third kappa shape index (κ3) is 0.356. The van der Waals surface area contributed by atoms with E-state index in [0.717, 1.165) is 0 Å². The van der Waals surface area contributed by atoms with Crippen LogP contribution in [0.1, 0.15) is 0 Å². The fourth-order valence-electron chi connectivity index (χ4n) is 0. The Morgan fingerprint density at radius 1 is 1.25 bits per heavy atom. The molecule has 0 saturated carbocycles. The molecule has 0 fully saturated rings. The van der Waals surface area contributed by atoms with Crippen molar-refractivity contribution in [3.8, 4) is 0 Å². The fraction of sp³-hybridized carbons (Fsp3) is 0. The lowest BCUT2D eigenvalue weighted by atomic mass is 11.6. The van der Waals surface area contributed by atoms with Gasteiger partial charge in [-0.15, -0.1) is 0 Å². The first kappa shape index (κ1) is 10.2. The Morgan fingerprint density at radius 2 is 1.25 bits per heavy atom. The predicted octanol–water partition coefficient (Wildman–Crippen LogP) is -0.507. The van der Waals surface area contributed by atoms with Gasteiger partial charge in [0.15, 0.2) is 0 Å². The van der Waals surface area contributed by atoms with Crippen molar-refractivity contribution in [1.29, 1.82) is 10.8 Å². The maximum absolute atomic E-state index is 5.62. The Bertz CT molecular complexity index is 27.0. The molecule has 0 bridgehead atoms. The highest BCUT2D eigenvalue weighted by molar-refractivity contribution is 5.29. The van der Waals surface area contributed by atoms with Crippen molar-refractivity contribution >= 4 is 6.01 Å². The van der Waals surface area contributed by atoms with E-state index in [1.165, 1.54) is 6.01 Å². The van der Waals surface area contributed by atoms with E-state index in [9.17, 15) is 0 Å². The van der Waals surface area contributed by atoms with Gasteiger partial charge < -0.3 is 5.48 Å². The molecule has 0 heterocycles. The summed E-state index contributed by atoms with van der Waals surface area (Å²) in [4.78, 5) is 0. The van der Waals surface area contributed by atoms with Gasteiger partial charge in [-0.05, 0) is 0 Å². The van der Waals surface area contributed by atoms with E-state index in [2.05, 4.69) is 0 Å². The first-order chi connectivity index (χ1) is 1.41. The van der Waals surface area contributed by atoms with Crippen LogP contribution in [-0.2, 0) is 0 Å². The van der Waals surface area contributed by atoms with Crippen molar-refractivity contribution < 1.29 is 5.48 Å². The van der Waals surface area contributed by atoms with Gasteiger partial charge in [-0.3, -0.25) is 0 Å². The molecule has 0 aliphatic carbocycles. The molecule has 3 heteroatoms. The molecule has 24 valence electrons. The Balaban J connectivity index is 0. The van der Waals surface area contributed by atoms with E-state index in [1.807, 2.05) is 0 Å². The minimum Gasteiger partial charge on any atom is -0.412 e. The van der Waals surface area contributed by atoms with Crippen molar-refractivity contribution in [1.82, 2.24) is 0 Å². The number of nitrogens with one attached hydrogen (secondary N) is 2. The normalized spacial score (nSPS) is 2.00. The molecule has 0 unspecified atom stereocenters. The summed E-state index contributed by atoms with van der Waals surface area (Å²) >= 11 is 0. The van der Waals surface area contributed by atoms with Crippen LogP contribution in [0.15, 0.2) is 0 Å². The smallest absolute Gasteiger partial charge is 0.0831 e. The summed E-state index contributed by atoms with van der Waals surface area (Å²) in [5, 5.41) is 11.2. The highest BCUT2D eigenvalue weighted by Crippen LogP contribution is 0.920. The van der Waals surface area contributed by atoms with E-state index in [0.29, 0.717) is 0 Å². The van der Waals surface area contributed by atoms with E-state index < -0.39 is 0 Å². The van der Waals surface area contributed by atoms with Gasteiger partial charge in [0.1, 0.15) is 0 Å². The largest absolute Gasteiger partial charge is 0.412 e. The average molecular weight is 60.1 g/mol. The Morgan fingerprint density at radius 3 is 1.25 bits per heavy atom. The van der Waals surface area contributed by atoms with E-state index in [4.69, 9.17) is 10.8 Å². The lowest BCUT2D eigenvalue weighted by Gasteiger charge is -1.09. The molecule has 4 heavy (non-hydrogen) atoms. The molecular weight excluding hydrogens is 56.0 g/mol. The van der Waals surface area contributed by atoms with Crippen molar-refractivity contribution in [2.75, 3.05) is 0 Å². The second kappa shape index (κ2) is 36.3. The molecule has 0 rings (SSSR count). The number of rotatable bonds is 0. The zero-order valence-corrected chi connectivity index (χ0v) is 2.00. The zero-order chi connectivity index (χ0) is 2.71. The molecule has 0 atom stereocenters. The van der Waals surface area contributed by atoms with Crippen molar-refractivity contribution in [2.45, 2.75) is 0 Å². The van der Waals surface area contributed by atoms with Crippen molar-refractivity contribution in [3.05, 3.63) is 0 Å². The highest BCUT2D eigenvalue weighted by Gasteiger charge is 0.934. The maximum atomic E-state index is 5.62. The van der Waals surface area contributed by atoms with Gasteiger partial charge in [-0.2, -0.15) is 0 Å². The third-order valence-electron chi connectivity index (χ3n) is 0. The molecule has 0 aromatic heterocycles. The van der Waals surface area contributed by atoms with Crippen LogP contribution < -0.4 is 0 Å². The molecule has 0 amide bonds. The van der Waals surface area contributed by atoms with Crippen LogP contribution in [0, 0.1) is 10.8 Å². The Kier molecular flexibility index (Phi) is 92.5. The molecule has 0 radical (unpaired) electrons. The van der Waals surface area contributed by atoms with Crippen LogP contribution in [-0.4, -0.2) is 11.5 Å². The van der Waals surface area contributed by atoms with Crippen molar-refractivity contribution in [2.24, 2.45) is 0 Å². The molecule has 0 aliphatic heterocycles. The van der Waals surface area contributed by atoms with Crippen LogP contribution in [0.4, 0.5) is 0 Å². The molecule has 0 aromatic rings. The van der Waals surface area contributed by atoms with Gasteiger partial charge in [0.2, 0.25) is 0 Å². The maximum Gasteiger partial charge on any atom is 0.0831 e. The first-order valence-corrected chi connectivity index (χ1v) is 0.500. The van der Waals surface area contributed by atoms with Gasteiger partial charge in [0.05, 0.1) is 6.01 Å². The summed E-state index contributed by atoms with van der Waals surface area (Å²) in [7, 11) is 0. The Labute approximate surface area is 23.6 Å². The monoisotopic (exact) mass is 60.0 g/mol. The van der Waals surface area contributed by atoms with Crippen LogP contribution in [0.5, 0.6) is 0 Å². The van der Waals surface area contributed by atoms with Gasteiger partial charge in [-0.1, -0.05) is 0 Å². The minimum atomic E-state index is 0. The average Bonchev–Trinajstić information content (AvgIpc) is 0.918. The van der Waals surface area contributed by atoms with Crippen LogP contribution >= 0.6 is 0 Å². The molecule has 0 aromatic carbocycles. The second-order valence-electron chi connectivity index (χ2n) is 0.125. The molecule has 3 nitrogen and oxygen atoms in total. The van der Waals surface area contributed by atoms with Gasteiger partial charge >= 0.3 is 0 Å². The highest BCUT2D eigenvalue weighted by atomic mass is 16.0. The number of hydrogen-bond acceptors (Lipinski definition) is 2. The third-order valence-corrected chi connectivity index (χ3v) is 0. The van der Waals surface area contributed by atoms with Gasteiger partial charge in [-0.25, -0.2) is 10.8 Å². The summed E-state index contributed by atoms with van der Waals surface area (Å²) in [6.45, 7) is 0. The lowest BCUT2D eigenvalue weighted by Crippen LogP contribution is -1.11. The Hall–Kier alpha value is -0.660. The second-order valence-corrected chi connectivity index (χ2v) is 0.125. The molecule has 0 spiro atoms. The van der Waals surface area contributed by atoms with E-state index in [-0.39, 0.29) is 5.48 Å². The fourth-order valence-corrected chi connectivity index (χ4v) is 0. The van der Waals surface area contributed by atoms with E-state index in [1.54, 1.807) is 0 Å². The topological polar surface area (TPSA) is 79.2 Å². The summed E-state index contributed by atoms with van der Waals surface area (Å²) in [6, 6.07) is 1.25. The molecular formula is CH4N2O. The quantitative estimate of drug-likeness (QED) is 0.353. The van der Waals surface area contributed by atoms with Crippen LogP contribution in [0.3, 0.4) is 0 Å². The predicted molar refractivity (Wildman–Crippen MR) is 14.1 cm³/mol. The summed E-state index contributed by atoms with van der Waals surface area (Å²) in [5.41, 5.74) is 0. The standard InChI is InChI=1S/CH2N2.H2O/c2-1-3;/h2-3H;1H2. The molecule has 0 saturated heterocycles. The summed E-state index contributed by atoms with van der Waals surface area (Å²) in [5.74, 6) is 0. The minimum absolute atomic E-state index is 0. The SMILES string of the molecule is N=C=N.O. The van der Waals surface area contributed by atoms with Gasteiger partial charge in [0.25, 0.3) is 0 Å². The first-order valence-electron chi connectivity index (χ1n) is 0.500. The van der Waals surface area contributed by atoms with Crippen LogP contribution in [0.2, 0.25) is 0 Å². The number of hydrogen-bond donors (Lipinski definition) is 2. The van der Waals surface area contributed by atoms with Crippen LogP contribution in [0.25, 0.3) is 0 Å². The summed E-state index contributed by atoms with van der Waals surface area (Å²) < 4.78 is 0. The summed E-state index contributed by atoms with van der Waals surface area (Å²) in [6.07, 6.45) is 0. The lowest BCUT2D eigenvalue weighted by molar-refractivity contribution is 0.824. The van der Waals surface area contributed by atoms with Crippen molar-refractivity contribution in [3.63, 3.8) is 0 Å².